The van der Waals surface area contributed by atoms with Crippen LogP contribution in [-0.2, 0) is 0 Å². The van der Waals surface area contributed by atoms with Crippen molar-refractivity contribution in [3.63, 3.8) is 0 Å². The zero-order chi connectivity index (χ0) is 14.0. The summed E-state index contributed by atoms with van der Waals surface area (Å²) in [7, 11) is 1.00. The van der Waals surface area contributed by atoms with Crippen LogP contribution in [0.2, 0.25) is 0 Å². The lowest BCUT2D eigenvalue weighted by Crippen LogP contribution is -2.11. The second kappa shape index (κ2) is 9.29. The Labute approximate surface area is 100 Å². The van der Waals surface area contributed by atoms with Crippen molar-refractivity contribution in [3.05, 3.63) is 39.4 Å². The lowest BCUT2D eigenvalue weighted by Gasteiger charge is -1.98. The highest BCUT2D eigenvalue weighted by atomic mass is 16.6. The Morgan fingerprint density at radius 2 is 1.82 bits per heavy atom. The van der Waals surface area contributed by atoms with Crippen LogP contribution in [0, 0.1) is 17.0 Å². The van der Waals surface area contributed by atoms with Gasteiger partial charge in [-0.1, -0.05) is 13.8 Å². The van der Waals surface area contributed by atoms with Crippen LogP contribution in [0.5, 0.6) is 0 Å². The molecule has 1 aromatic rings. The number of carbonyl (C=O) groups excluding carboxylic acids is 1. The lowest BCUT2D eigenvalue weighted by molar-refractivity contribution is -0.385. The van der Waals surface area contributed by atoms with Gasteiger partial charge in [-0.2, -0.15) is 0 Å². The lowest BCUT2D eigenvalue weighted by atomic mass is 10.1. The van der Waals surface area contributed by atoms with Gasteiger partial charge in [0.2, 0.25) is 5.91 Å². The van der Waals surface area contributed by atoms with Crippen LogP contribution in [0.3, 0.4) is 0 Å². The molecule has 0 spiro atoms. The Hall–Kier alpha value is -1.95. The summed E-state index contributed by atoms with van der Waals surface area (Å²) < 4.78 is 0. The van der Waals surface area contributed by atoms with Crippen molar-refractivity contribution in [1.82, 2.24) is 0 Å². The number of hydrogen-bond donors (Lipinski definition) is 2. The zero-order valence-corrected chi connectivity index (χ0v) is 10.4. The molecule has 0 atom stereocenters. The normalized spacial score (nSPS) is 8.06. The van der Waals surface area contributed by atoms with Gasteiger partial charge >= 0.3 is 0 Å². The third-order valence-electron chi connectivity index (χ3n) is 1.68. The standard InChI is InChI=1S/C8H8N2O3.C2H6.CH4O/c1-5-4-6(8(9)11)2-3-7(5)10(12)13;2*1-2/h2-4H,1H3,(H2,9,11);1-2H3;2H,1H3. The Balaban J connectivity index is 0. The summed E-state index contributed by atoms with van der Waals surface area (Å²) in [6, 6.07) is 4.02. The Bertz CT molecular complexity index is 378. The molecule has 6 heteroatoms. The van der Waals surface area contributed by atoms with E-state index >= 15 is 0 Å². The van der Waals surface area contributed by atoms with Crippen molar-refractivity contribution < 1.29 is 14.8 Å². The fourth-order valence-corrected chi connectivity index (χ4v) is 1.01. The quantitative estimate of drug-likeness (QED) is 0.607. The summed E-state index contributed by atoms with van der Waals surface area (Å²) in [6.07, 6.45) is 0. The molecule has 0 fully saturated rings. The van der Waals surface area contributed by atoms with Crippen molar-refractivity contribution in [2.75, 3.05) is 7.11 Å². The molecule has 3 N–H and O–H groups in total. The number of hydrogen-bond acceptors (Lipinski definition) is 4. The zero-order valence-electron chi connectivity index (χ0n) is 10.4. The van der Waals surface area contributed by atoms with E-state index in [1.165, 1.54) is 18.2 Å². The van der Waals surface area contributed by atoms with Crippen molar-refractivity contribution in [2.45, 2.75) is 20.8 Å². The number of primary amides is 1. The summed E-state index contributed by atoms with van der Waals surface area (Å²) in [5, 5.41) is 17.4. The van der Waals surface area contributed by atoms with Crippen LogP contribution in [0.1, 0.15) is 29.8 Å². The van der Waals surface area contributed by atoms with Gasteiger partial charge in [0.05, 0.1) is 4.92 Å². The first-order valence-electron chi connectivity index (χ1n) is 5.02. The summed E-state index contributed by atoms with van der Waals surface area (Å²) in [6.45, 7) is 5.56. The number of aliphatic hydroxyl groups is 1. The Morgan fingerprint density at radius 1 is 1.35 bits per heavy atom. The second-order valence-electron chi connectivity index (χ2n) is 2.62. The number of nitrogens with two attached hydrogens (primary N) is 1. The summed E-state index contributed by atoms with van der Waals surface area (Å²) >= 11 is 0. The molecule has 17 heavy (non-hydrogen) atoms. The minimum absolute atomic E-state index is 0.00926. The topological polar surface area (TPSA) is 106 Å². The number of benzene rings is 1. The van der Waals surface area contributed by atoms with Crippen LogP contribution in [0.4, 0.5) is 5.69 Å². The van der Waals surface area contributed by atoms with Crippen LogP contribution in [-0.4, -0.2) is 23.0 Å². The molecule has 0 aliphatic carbocycles. The molecule has 1 amide bonds. The third-order valence-corrected chi connectivity index (χ3v) is 1.68. The van der Waals surface area contributed by atoms with E-state index in [1.54, 1.807) is 6.92 Å². The van der Waals surface area contributed by atoms with Crippen molar-refractivity contribution in [1.29, 1.82) is 0 Å². The van der Waals surface area contributed by atoms with E-state index in [0.29, 0.717) is 5.56 Å². The molecule has 1 aromatic carbocycles. The van der Waals surface area contributed by atoms with Gasteiger partial charge in [0, 0.05) is 24.3 Å². The van der Waals surface area contributed by atoms with E-state index in [0.717, 1.165) is 7.11 Å². The van der Waals surface area contributed by atoms with Crippen LogP contribution in [0.25, 0.3) is 0 Å². The number of aryl methyl sites for hydroxylation is 1. The molecule has 0 radical (unpaired) electrons. The van der Waals surface area contributed by atoms with E-state index in [4.69, 9.17) is 10.8 Å². The van der Waals surface area contributed by atoms with Gasteiger partial charge in [-0.25, -0.2) is 0 Å². The third kappa shape index (κ3) is 5.62. The summed E-state index contributed by atoms with van der Waals surface area (Å²) in [5.74, 6) is -0.585. The van der Waals surface area contributed by atoms with E-state index < -0.39 is 10.8 Å². The van der Waals surface area contributed by atoms with Gasteiger partial charge in [0.15, 0.2) is 0 Å². The van der Waals surface area contributed by atoms with E-state index in [2.05, 4.69) is 0 Å². The van der Waals surface area contributed by atoms with E-state index in [-0.39, 0.29) is 11.3 Å². The number of carbonyl (C=O) groups is 1. The molecule has 0 bridgehead atoms. The van der Waals surface area contributed by atoms with Crippen LogP contribution < -0.4 is 5.73 Å². The number of rotatable bonds is 2. The number of amides is 1. The maximum atomic E-state index is 10.7. The van der Waals surface area contributed by atoms with Crippen LogP contribution >= 0.6 is 0 Å². The largest absolute Gasteiger partial charge is 0.400 e. The molecule has 0 aromatic heterocycles. The van der Waals surface area contributed by atoms with Gasteiger partial charge in [0.25, 0.3) is 5.69 Å². The molecule has 0 aliphatic heterocycles. The average Bonchev–Trinajstić information content (AvgIpc) is 2.33. The highest BCUT2D eigenvalue weighted by molar-refractivity contribution is 5.93. The first-order chi connectivity index (χ1) is 8.02. The molecule has 0 unspecified atom stereocenters. The molecule has 0 aliphatic rings. The highest BCUT2D eigenvalue weighted by Crippen LogP contribution is 2.18. The molecule has 0 saturated heterocycles. The first kappa shape index (κ1) is 17.4. The van der Waals surface area contributed by atoms with Gasteiger partial charge in [0.1, 0.15) is 0 Å². The molecular formula is C11H18N2O4. The van der Waals surface area contributed by atoms with Gasteiger partial charge in [-0.15, -0.1) is 0 Å². The summed E-state index contributed by atoms with van der Waals surface area (Å²) in [4.78, 5) is 20.6. The Kier molecular flexibility index (Phi) is 9.53. The fraction of sp³-hybridized carbons (Fsp3) is 0.364. The van der Waals surface area contributed by atoms with Crippen LogP contribution in [0.15, 0.2) is 18.2 Å². The molecule has 1 rings (SSSR count). The van der Waals surface area contributed by atoms with Gasteiger partial charge in [-0.3, -0.25) is 14.9 Å². The maximum absolute atomic E-state index is 10.7. The number of nitro benzene ring substituents is 1. The van der Waals surface area contributed by atoms with E-state index in [9.17, 15) is 14.9 Å². The SMILES string of the molecule is CC.CO.Cc1cc(C(N)=O)ccc1[N+](=O)[O-]. The molecule has 0 heterocycles. The van der Waals surface area contributed by atoms with Crippen molar-refractivity contribution >= 4 is 11.6 Å². The molecular weight excluding hydrogens is 224 g/mol. The predicted octanol–water partition coefficient (Wildman–Crippen LogP) is 1.64. The number of nitrogens with zero attached hydrogens (tertiary/aromatic N) is 1. The number of aliphatic hydroxyl groups excluding tert-OH is 1. The number of nitro groups is 1. The molecule has 96 valence electrons. The Morgan fingerprint density at radius 3 is 2.12 bits per heavy atom. The first-order valence-corrected chi connectivity index (χ1v) is 5.02. The van der Waals surface area contributed by atoms with Crippen molar-refractivity contribution in [3.8, 4) is 0 Å². The molecule has 0 saturated carbocycles. The van der Waals surface area contributed by atoms with Gasteiger partial charge in [-0.05, 0) is 19.1 Å². The minimum Gasteiger partial charge on any atom is -0.400 e. The van der Waals surface area contributed by atoms with E-state index in [1.807, 2.05) is 13.8 Å². The molecule has 6 nitrogen and oxygen atoms in total. The monoisotopic (exact) mass is 242 g/mol. The second-order valence-corrected chi connectivity index (χ2v) is 2.62. The maximum Gasteiger partial charge on any atom is 0.272 e. The average molecular weight is 242 g/mol. The summed E-state index contributed by atoms with van der Waals surface area (Å²) in [5.41, 5.74) is 5.70. The predicted molar refractivity (Wildman–Crippen MR) is 65.8 cm³/mol. The minimum atomic E-state index is -0.585. The fourth-order valence-electron chi connectivity index (χ4n) is 1.01. The highest BCUT2D eigenvalue weighted by Gasteiger charge is 2.11. The smallest absolute Gasteiger partial charge is 0.272 e. The van der Waals surface area contributed by atoms with Gasteiger partial charge < -0.3 is 10.8 Å². The van der Waals surface area contributed by atoms with Crippen molar-refractivity contribution in [2.24, 2.45) is 5.73 Å².